The quantitative estimate of drug-likeness (QED) is 0.758. The summed E-state index contributed by atoms with van der Waals surface area (Å²) in [6.45, 7) is 2.46. The Morgan fingerprint density at radius 1 is 1.18 bits per heavy atom. The number of hydrogen-bond acceptors (Lipinski definition) is 3. The fourth-order valence-corrected chi connectivity index (χ4v) is 4.55. The number of nitrogens with zero attached hydrogens (tertiary/aromatic N) is 1. The van der Waals surface area contributed by atoms with Crippen molar-refractivity contribution in [3.63, 3.8) is 0 Å². The lowest BCUT2D eigenvalue weighted by molar-refractivity contribution is -0.134. The first-order chi connectivity index (χ1) is 13.5. The number of furan rings is 1. The van der Waals surface area contributed by atoms with E-state index in [-0.39, 0.29) is 23.6 Å². The minimum Gasteiger partial charge on any atom is -0.451 e. The van der Waals surface area contributed by atoms with Crippen LogP contribution in [0.15, 0.2) is 59.0 Å². The van der Waals surface area contributed by atoms with Gasteiger partial charge in [0.15, 0.2) is 5.76 Å². The number of carbonyl (C=O) groups is 2. The van der Waals surface area contributed by atoms with Crippen molar-refractivity contribution < 1.29 is 14.0 Å². The Morgan fingerprint density at radius 2 is 1.96 bits per heavy atom. The molecule has 1 aliphatic heterocycles. The first kappa shape index (κ1) is 17.0. The Morgan fingerprint density at radius 3 is 2.82 bits per heavy atom. The monoisotopic (exact) mass is 374 g/mol. The predicted molar refractivity (Wildman–Crippen MR) is 106 cm³/mol. The largest absolute Gasteiger partial charge is 0.451 e. The number of rotatable bonds is 3. The van der Waals surface area contributed by atoms with Crippen LogP contribution in [0.2, 0.25) is 0 Å². The van der Waals surface area contributed by atoms with Gasteiger partial charge in [-0.05, 0) is 49.4 Å². The second-order valence-electron chi connectivity index (χ2n) is 7.94. The molecule has 1 aromatic heterocycles. The summed E-state index contributed by atoms with van der Waals surface area (Å²) in [5, 5.41) is 3.81. The van der Waals surface area contributed by atoms with Crippen LogP contribution in [0.4, 0.5) is 0 Å². The van der Waals surface area contributed by atoms with Crippen LogP contribution in [0.25, 0.3) is 11.0 Å². The molecular weight excluding hydrogens is 352 g/mol. The highest BCUT2D eigenvalue weighted by atomic mass is 16.3. The normalized spacial score (nSPS) is 24.0. The van der Waals surface area contributed by atoms with Crippen LogP contribution in [0.3, 0.4) is 0 Å². The Labute approximate surface area is 163 Å². The number of amides is 2. The van der Waals surface area contributed by atoms with Gasteiger partial charge in [-0.15, -0.1) is 0 Å². The third kappa shape index (κ3) is 2.61. The number of para-hydroxylation sites is 1. The fourth-order valence-electron chi connectivity index (χ4n) is 4.55. The molecule has 2 aliphatic rings. The van der Waals surface area contributed by atoms with E-state index in [0.29, 0.717) is 18.5 Å². The number of hydrogen-bond donors (Lipinski definition) is 1. The topological polar surface area (TPSA) is 62.6 Å². The summed E-state index contributed by atoms with van der Waals surface area (Å²) >= 11 is 0. The highest BCUT2D eigenvalue weighted by Crippen LogP contribution is 2.39. The van der Waals surface area contributed by atoms with Crippen LogP contribution in [-0.2, 0) is 11.2 Å². The van der Waals surface area contributed by atoms with Crippen molar-refractivity contribution >= 4 is 22.8 Å². The van der Waals surface area contributed by atoms with Crippen LogP contribution in [-0.4, -0.2) is 28.8 Å². The zero-order valence-corrected chi connectivity index (χ0v) is 15.8. The zero-order valence-electron chi connectivity index (χ0n) is 15.8. The summed E-state index contributed by atoms with van der Waals surface area (Å²) in [5.41, 5.74) is 2.32. The number of nitrogens with one attached hydrogen (secondary N) is 1. The maximum absolute atomic E-state index is 13.2. The van der Waals surface area contributed by atoms with Gasteiger partial charge in [-0.3, -0.25) is 9.59 Å². The standard InChI is InChI=1S/C23H22N2O3/c1-23(24-21(26)20-14-16-7-3-5-9-19(16)28-20)12-13-25(22(23)27)18-11-10-15-6-2-4-8-17(15)18/h2-9,14,18H,10-13H2,1H3,(H,24,26). The lowest BCUT2D eigenvalue weighted by Crippen LogP contribution is -2.52. The van der Waals surface area contributed by atoms with Crippen LogP contribution in [0.1, 0.15) is 47.5 Å². The van der Waals surface area contributed by atoms with Gasteiger partial charge in [0.1, 0.15) is 11.1 Å². The highest BCUT2D eigenvalue weighted by molar-refractivity contribution is 6.00. The average Bonchev–Trinajstić information content (AvgIpc) is 3.38. The average molecular weight is 374 g/mol. The van der Waals surface area contributed by atoms with Crippen LogP contribution in [0, 0.1) is 0 Å². The lowest BCUT2D eigenvalue weighted by Gasteiger charge is -2.28. The molecule has 1 aliphatic carbocycles. The van der Waals surface area contributed by atoms with E-state index in [4.69, 9.17) is 4.42 Å². The van der Waals surface area contributed by atoms with Gasteiger partial charge in [0.2, 0.25) is 5.91 Å². The molecule has 2 heterocycles. The Kier molecular flexibility index (Phi) is 3.79. The lowest BCUT2D eigenvalue weighted by atomic mass is 10.00. The van der Waals surface area contributed by atoms with E-state index >= 15 is 0 Å². The van der Waals surface area contributed by atoms with E-state index in [1.54, 1.807) is 6.07 Å². The predicted octanol–water partition coefficient (Wildman–Crippen LogP) is 3.84. The van der Waals surface area contributed by atoms with Crippen molar-refractivity contribution in [2.24, 2.45) is 0 Å². The molecule has 3 aromatic rings. The van der Waals surface area contributed by atoms with Crippen molar-refractivity contribution in [3.05, 3.63) is 71.5 Å². The van der Waals surface area contributed by atoms with Gasteiger partial charge in [0, 0.05) is 11.9 Å². The number of likely N-dealkylation sites (tertiary alicyclic amines) is 1. The first-order valence-electron chi connectivity index (χ1n) is 9.75. The van der Waals surface area contributed by atoms with Gasteiger partial charge >= 0.3 is 0 Å². The van der Waals surface area contributed by atoms with Gasteiger partial charge in [-0.1, -0.05) is 42.5 Å². The third-order valence-electron chi connectivity index (χ3n) is 6.10. The summed E-state index contributed by atoms with van der Waals surface area (Å²) in [6.07, 6.45) is 2.53. The molecule has 1 saturated heterocycles. The molecule has 0 bridgehead atoms. The van der Waals surface area contributed by atoms with Gasteiger partial charge in [0.25, 0.3) is 5.91 Å². The molecule has 2 atom stereocenters. The van der Waals surface area contributed by atoms with Crippen LogP contribution >= 0.6 is 0 Å². The zero-order chi connectivity index (χ0) is 19.3. The minimum atomic E-state index is -0.909. The first-order valence-corrected chi connectivity index (χ1v) is 9.75. The Bertz CT molecular complexity index is 1050. The van der Waals surface area contributed by atoms with E-state index < -0.39 is 5.54 Å². The Hall–Kier alpha value is -3.08. The van der Waals surface area contributed by atoms with Gasteiger partial charge in [-0.25, -0.2) is 0 Å². The number of benzene rings is 2. The molecule has 0 radical (unpaired) electrons. The number of fused-ring (bicyclic) bond motifs is 2. The molecule has 2 unspecified atom stereocenters. The molecule has 2 amide bonds. The fraction of sp³-hybridized carbons (Fsp3) is 0.304. The molecule has 142 valence electrons. The van der Waals surface area contributed by atoms with Crippen molar-refractivity contribution in [2.75, 3.05) is 6.54 Å². The molecule has 1 N–H and O–H groups in total. The van der Waals surface area contributed by atoms with E-state index in [1.165, 1.54) is 11.1 Å². The third-order valence-corrected chi connectivity index (χ3v) is 6.10. The summed E-state index contributed by atoms with van der Waals surface area (Å²) < 4.78 is 5.66. The summed E-state index contributed by atoms with van der Waals surface area (Å²) in [5.74, 6) is -0.126. The molecular formula is C23H22N2O3. The number of aryl methyl sites for hydroxylation is 1. The molecule has 0 saturated carbocycles. The van der Waals surface area contributed by atoms with E-state index in [9.17, 15) is 9.59 Å². The molecule has 5 rings (SSSR count). The Balaban J connectivity index is 1.36. The molecule has 5 nitrogen and oxygen atoms in total. The maximum atomic E-state index is 13.2. The van der Waals surface area contributed by atoms with E-state index in [0.717, 1.165) is 18.2 Å². The van der Waals surface area contributed by atoms with Crippen molar-refractivity contribution in [1.29, 1.82) is 0 Å². The molecule has 2 aromatic carbocycles. The minimum absolute atomic E-state index is 0.0151. The second-order valence-corrected chi connectivity index (χ2v) is 7.94. The molecule has 28 heavy (non-hydrogen) atoms. The van der Waals surface area contributed by atoms with Crippen molar-refractivity contribution in [1.82, 2.24) is 10.2 Å². The van der Waals surface area contributed by atoms with Crippen molar-refractivity contribution in [3.8, 4) is 0 Å². The van der Waals surface area contributed by atoms with Gasteiger partial charge < -0.3 is 14.6 Å². The second kappa shape index (κ2) is 6.23. The van der Waals surface area contributed by atoms with Crippen LogP contribution < -0.4 is 5.32 Å². The molecule has 0 spiro atoms. The van der Waals surface area contributed by atoms with E-state index in [2.05, 4.69) is 17.4 Å². The number of carbonyl (C=O) groups excluding carboxylic acids is 2. The molecule has 1 fully saturated rings. The summed E-state index contributed by atoms with van der Waals surface area (Å²) in [6, 6.07) is 17.6. The van der Waals surface area contributed by atoms with Crippen LogP contribution in [0.5, 0.6) is 0 Å². The smallest absolute Gasteiger partial charge is 0.287 e. The molecule has 5 heteroatoms. The highest BCUT2D eigenvalue weighted by Gasteiger charge is 2.47. The summed E-state index contributed by atoms with van der Waals surface area (Å²) in [7, 11) is 0. The van der Waals surface area contributed by atoms with Gasteiger partial charge in [0.05, 0.1) is 6.04 Å². The van der Waals surface area contributed by atoms with Gasteiger partial charge in [-0.2, -0.15) is 0 Å². The summed E-state index contributed by atoms with van der Waals surface area (Å²) in [4.78, 5) is 28.0. The van der Waals surface area contributed by atoms with E-state index in [1.807, 2.05) is 48.2 Å². The SMILES string of the molecule is CC1(NC(=O)c2cc3ccccc3o2)CCN(C2CCc3ccccc32)C1=O. The van der Waals surface area contributed by atoms with Crippen molar-refractivity contribution in [2.45, 2.75) is 37.8 Å². The maximum Gasteiger partial charge on any atom is 0.287 e.